The average molecular weight is 402 g/mol. The molecule has 1 atom stereocenters. The van der Waals surface area contributed by atoms with Crippen molar-refractivity contribution >= 4 is 17.3 Å². The van der Waals surface area contributed by atoms with Gasteiger partial charge in [0.1, 0.15) is 11.6 Å². The van der Waals surface area contributed by atoms with Crippen LogP contribution in [-0.2, 0) is 0 Å². The molecule has 1 unspecified atom stereocenters. The van der Waals surface area contributed by atoms with Crippen LogP contribution in [0.1, 0.15) is 64.5 Å². The first-order valence-electron chi connectivity index (χ1n) is 11.4. The lowest BCUT2D eigenvalue weighted by Gasteiger charge is -2.38. The van der Waals surface area contributed by atoms with E-state index in [0.717, 1.165) is 62.1 Å². The fourth-order valence-electron chi connectivity index (χ4n) is 4.00. The summed E-state index contributed by atoms with van der Waals surface area (Å²) in [6.45, 7) is 11.4. The van der Waals surface area contributed by atoms with E-state index in [9.17, 15) is 0 Å². The van der Waals surface area contributed by atoms with Crippen LogP contribution < -0.4 is 20.9 Å². The molecule has 0 aliphatic carbocycles. The Morgan fingerprint density at radius 1 is 1.21 bits per heavy atom. The second-order valence-corrected chi connectivity index (χ2v) is 8.46. The van der Waals surface area contributed by atoms with Gasteiger partial charge < -0.3 is 20.9 Å². The zero-order chi connectivity index (χ0) is 20.8. The molecule has 3 N–H and O–H groups in total. The van der Waals surface area contributed by atoms with E-state index >= 15 is 0 Å². The standard InChI is InChI=1S/C22H39N7/c1-5-7-8-9-17(3)19-13-21-25-20(28-15-18(23)16-28)14-22(29(21)26-19)27(11-6-2)12-10-24-4/h13-14,17-18,24H,5-12,15-16,23H2,1-4H3. The molecule has 3 heterocycles. The quantitative estimate of drug-likeness (QED) is 0.533. The smallest absolute Gasteiger partial charge is 0.160 e. The highest BCUT2D eigenvalue weighted by Crippen LogP contribution is 2.28. The summed E-state index contributed by atoms with van der Waals surface area (Å²) in [7, 11) is 2.00. The van der Waals surface area contributed by atoms with Gasteiger partial charge in [0, 0.05) is 56.8 Å². The van der Waals surface area contributed by atoms with Gasteiger partial charge in [-0.2, -0.15) is 9.61 Å². The molecule has 0 bridgehead atoms. The number of unbranched alkanes of at least 4 members (excludes halogenated alkanes) is 2. The summed E-state index contributed by atoms with van der Waals surface area (Å²) < 4.78 is 2.06. The van der Waals surface area contributed by atoms with E-state index in [4.69, 9.17) is 15.8 Å². The molecule has 7 heteroatoms. The summed E-state index contributed by atoms with van der Waals surface area (Å²) in [4.78, 5) is 9.64. The third kappa shape index (κ3) is 5.20. The van der Waals surface area contributed by atoms with Crippen molar-refractivity contribution in [2.75, 3.05) is 49.6 Å². The molecule has 0 saturated carbocycles. The molecule has 0 amide bonds. The molecule has 29 heavy (non-hydrogen) atoms. The van der Waals surface area contributed by atoms with E-state index in [0.29, 0.717) is 5.92 Å². The summed E-state index contributed by atoms with van der Waals surface area (Å²) in [5.41, 5.74) is 8.12. The zero-order valence-corrected chi connectivity index (χ0v) is 18.7. The van der Waals surface area contributed by atoms with Crippen LogP contribution in [0.3, 0.4) is 0 Å². The number of rotatable bonds is 12. The minimum absolute atomic E-state index is 0.256. The van der Waals surface area contributed by atoms with E-state index in [-0.39, 0.29) is 6.04 Å². The maximum absolute atomic E-state index is 6.03. The van der Waals surface area contributed by atoms with Gasteiger partial charge in [-0.1, -0.05) is 40.0 Å². The average Bonchev–Trinajstić information content (AvgIpc) is 3.12. The van der Waals surface area contributed by atoms with E-state index in [1.807, 2.05) is 7.05 Å². The number of fused-ring (bicyclic) bond motifs is 1. The molecule has 1 fully saturated rings. The van der Waals surface area contributed by atoms with Crippen LogP contribution in [0, 0.1) is 0 Å². The molecule has 2 aromatic heterocycles. The number of anilines is 2. The van der Waals surface area contributed by atoms with Crippen molar-refractivity contribution in [2.24, 2.45) is 5.73 Å². The molecule has 0 spiro atoms. The monoisotopic (exact) mass is 401 g/mol. The van der Waals surface area contributed by atoms with Gasteiger partial charge in [0.15, 0.2) is 5.65 Å². The number of likely N-dealkylation sites (N-methyl/N-ethyl adjacent to an activating group) is 1. The highest BCUT2D eigenvalue weighted by atomic mass is 15.4. The predicted molar refractivity (Wildman–Crippen MR) is 122 cm³/mol. The van der Waals surface area contributed by atoms with Crippen molar-refractivity contribution in [1.82, 2.24) is 19.9 Å². The minimum Gasteiger partial charge on any atom is -0.355 e. The van der Waals surface area contributed by atoms with Crippen molar-refractivity contribution in [3.05, 3.63) is 17.8 Å². The fraction of sp³-hybridized carbons (Fsp3) is 0.727. The Morgan fingerprint density at radius 3 is 2.66 bits per heavy atom. The number of nitrogens with zero attached hydrogens (tertiary/aromatic N) is 5. The molecule has 0 radical (unpaired) electrons. The van der Waals surface area contributed by atoms with Crippen LogP contribution in [0.4, 0.5) is 11.6 Å². The predicted octanol–water partition coefficient (Wildman–Crippen LogP) is 3.00. The van der Waals surface area contributed by atoms with Crippen molar-refractivity contribution in [2.45, 2.75) is 64.8 Å². The van der Waals surface area contributed by atoms with Crippen molar-refractivity contribution in [3.63, 3.8) is 0 Å². The van der Waals surface area contributed by atoms with Crippen molar-refractivity contribution in [3.8, 4) is 0 Å². The number of aromatic nitrogens is 3. The largest absolute Gasteiger partial charge is 0.355 e. The van der Waals surface area contributed by atoms with E-state index in [2.05, 4.69) is 52.5 Å². The molecule has 162 valence electrons. The van der Waals surface area contributed by atoms with Crippen LogP contribution >= 0.6 is 0 Å². The molecular weight excluding hydrogens is 362 g/mol. The van der Waals surface area contributed by atoms with Crippen LogP contribution in [0.2, 0.25) is 0 Å². The first-order chi connectivity index (χ1) is 14.1. The minimum atomic E-state index is 0.256. The SMILES string of the molecule is CCCCCC(C)c1cc2nc(N3CC(N)C3)cc(N(CCC)CCNC)n2n1. The summed E-state index contributed by atoms with van der Waals surface area (Å²) in [6.07, 6.45) is 6.07. The molecule has 1 saturated heterocycles. The number of hydrogen-bond acceptors (Lipinski definition) is 6. The second-order valence-electron chi connectivity index (χ2n) is 8.46. The van der Waals surface area contributed by atoms with Crippen molar-refractivity contribution < 1.29 is 0 Å². The first kappa shape index (κ1) is 21.8. The molecule has 3 rings (SSSR count). The highest BCUT2D eigenvalue weighted by molar-refractivity contribution is 5.61. The maximum Gasteiger partial charge on any atom is 0.160 e. The lowest BCUT2D eigenvalue weighted by atomic mass is 10.0. The van der Waals surface area contributed by atoms with Gasteiger partial charge in [-0.25, -0.2) is 4.98 Å². The van der Waals surface area contributed by atoms with Gasteiger partial charge in [-0.15, -0.1) is 0 Å². The number of nitrogens with two attached hydrogens (primary N) is 1. The Morgan fingerprint density at radius 2 is 2.00 bits per heavy atom. The lowest BCUT2D eigenvalue weighted by Crippen LogP contribution is -2.56. The van der Waals surface area contributed by atoms with Crippen LogP contribution in [-0.4, -0.2) is 60.4 Å². The molecular formula is C22H39N7. The van der Waals surface area contributed by atoms with E-state index < -0.39 is 0 Å². The summed E-state index contributed by atoms with van der Waals surface area (Å²) in [6, 6.07) is 4.64. The normalized spacial score (nSPS) is 15.7. The lowest BCUT2D eigenvalue weighted by molar-refractivity contribution is 0.514. The van der Waals surface area contributed by atoms with E-state index in [1.165, 1.54) is 25.7 Å². The van der Waals surface area contributed by atoms with Gasteiger partial charge in [-0.3, -0.25) is 0 Å². The third-order valence-electron chi connectivity index (χ3n) is 5.84. The molecule has 2 aromatic rings. The Balaban J connectivity index is 1.96. The Labute approximate surface area is 175 Å². The highest BCUT2D eigenvalue weighted by Gasteiger charge is 2.26. The maximum atomic E-state index is 6.03. The fourth-order valence-corrected chi connectivity index (χ4v) is 4.00. The third-order valence-corrected chi connectivity index (χ3v) is 5.84. The van der Waals surface area contributed by atoms with Crippen LogP contribution in [0.5, 0.6) is 0 Å². The van der Waals surface area contributed by atoms with Gasteiger partial charge in [0.25, 0.3) is 0 Å². The molecule has 1 aliphatic heterocycles. The van der Waals surface area contributed by atoms with E-state index in [1.54, 1.807) is 0 Å². The van der Waals surface area contributed by atoms with Crippen LogP contribution in [0.25, 0.3) is 5.65 Å². The summed E-state index contributed by atoms with van der Waals surface area (Å²) >= 11 is 0. The summed E-state index contributed by atoms with van der Waals surface area (Å²) in [5.74, 6) is 2.60. The molecule has 0 aromatic carbocycles. The number of nitrogens with one attached hydrogen (secondary N) is 1. The van der Waals surface area contributed by atoms with Gasteiger partial charge in [-0.05, 0) is 19.9 Å². The van der Waals surface area contributed by atoms with Crippen LogP contribution in [0.15, 0.2) is 12.1 Å². The zero-order valence-electron chi connectivity index (χ0n) is 18.7. The van der Waals surface area contributed by atoms with Gasteiger partial charge in [0.2, 0.25) is 0 Å². The number of hydrogen-bond donors (Lipinski definition) is 2. The molecule has 7 nitrogen and oxygen atoms in total. The first-order valence-corrected chi connectivity index (χ1v) is 11.4. The summed E-state index contributed by atoms with van der Waals surface area (Å²) in [5, 5.41) is 8.29. The Hall–Kier alpha value is -1.86. The second kappa shape index (κ2) is 10.3. The Bertz CT molecular complexity index is 766. The Kier molecular flexibility index (Phi) is 7.72. The molecule has 1 aliphatic rings. The van der Waals surface area contributed by atoms with Gasteiger partial charge >= 0.3 is 0 Å². The van der Waals surface area contributed by atoms with Crippen molar-refractivity contribution in [1.29, 1.82) is 0 Å². The topological polar surface area (TPSA) is 74.7 Å². The van der Waals surface area contributed by atoms with Gasteiger partial charge in [0.05, 0.1) is 5.69 Å².